The van der Waals surface area contributed by atoms with Gasteiger partial charge < -0.3 is 24.4 Å². The Bertz CT molecular complexity index is 717. The summed E-state index contributed by atoms with van der Waals surface area (Å²) in [6, 6.07) is 2.27. The van der Waals surface area contributed by atoms with Crippen molar-refractivity contribution in [3.05, 3.63) is 23.5 Å². The summed E-state index contributed by atoms with van der Waals surface area (Å²) in [4.78, 5) is 26.8. The molecule has 1 saturated heterocycles. The summed E-state index contributed by atoms with van der Waals surface area (Å²) in [5, 5.41) is 9.02. The minimum atomic E-state index is -1.33. The number of piperazine rings is 1. The lowest BCUT2D eigenvalue weighted by atomic mass is 10.1. The molecule has 1 aromatic rings. The molecule has 0 aromatic heterocycles. The number of carboxylic acid groups (broad SMARTS) is 1. The molecule has 0 spiro atoms. The van der Waals surface area contributed by atoms with Crippen molar-refractivity contribution in [1.82, 2.24) is 4.90 Å². The Morgan fingerprint density at radius 2 is 1.93 bits per heavy atom. The molecule has 3 rings (SSSR count). The van der Waals surface area contributed by atoms with Crippen LogP contribution < -0.4 is 9.64 Å². The lowest BCUT2D eigenvalue weighted by Crippen LogP contribution is -2.59. The summed E-state index contributed by atoms with van der Waals surface area (Å²) in [6.07, 6.45) is -0.384. The number of carbonyl (C=O) groups excluding carboxylic acids is 1. The van der Waals surface area contributed by atoms with Gasteiger partial charge in [0.05, 0.1) is 17.3 Å². The van der Waals surface area contributed by atoms with Crippen LogP contribution >= 0.6 is 0 Å². The maximum Gasteiger partial charge on any atom is 0.410 e. The number of carbonyl (C=O) groups is 2. The fourth-order valence-electron chi connectivity index (χ4n) is 3.04. The van der Waals surface area contributed by atoms with Crippen LogP contribution in [0.3, 0.4) is 0 Å². The summed E-state index contributed by atoms with van der Waals surface area (Å²) < 4.78 is 25.0. The Balaban J connectivity index is 0.00000126. The highest BCUT2D eigenvalue weighted by molar-refractivity contribution is 5.89. The number of rotatable bonds is 1. The summed E-state index contributed by atoms with van der Waals surface area (Å²) in [5.41, 5.74) is -0.465. The van der Waals surface area contributed by atoms with Crippen molar-refractivity contribution < 1.29 is 28.6 Å². The lowest BCUT2D eigenvalue weighted by molar-refractivity contribution is 0.0194. The smallest absolute Gasteiger partial charge is 0.410 e. The van der Waals surface area contributed by atoms with E-state index in [1.807, 2.05) is 39.5 Å². The minimum absolute atomic E-state index is 0.135. The molecule has 0 bridgehead atoms. The molecule has 1 fully saturated rings. The number of anilines is 1. The van der Waals surface area contributed by atoms with Crippen molar-refractivity contribution in [1.29, 1.82) is 0 Å². The minimum Gasteiger partial charge on any atom is -0.489 e. The first-order valence-electron chi connectivity index (χ1n) is 9.10. The normalized spacial score (nSPS) is 18.4. The highest BCUT2D eigenvalue weighted by Crippen LogP contribution is 2.37. The molecule has 0 radical (unpaired) electrons. The number of halogens is 1. The van der Waals surface area contributed by atoms with E-state index >= 15 is 0 Å². The van der Waals surface area contributed by atoms with Gasteiger partial charge in [-0.05, 0) is 26.8 Å². The largest absolute Gasteiger partial charge is 0.489 e. The Morgan fingerprint density at radius 3 is 2.52 bits per heavy atom. The van der Waals surface area contributed by atoms with Crippen molar-refractivity contribution >= 4 is 17.7 Å². The molecule has 2 heterocycles. The Labute approximate surface area is 158 Å². The Morgan fingerprint density at radius 1 is 1.26 bits per heavy atom. The van der Waals surface area contributed by atoms with Gasteiger partial charge in [0.25, 0.3) is 0 Å². The highest BCUT2D eigenvalue weighted by Gasteiger charge is 2.36. The van der Waals surface area contributed by atoms with Crippen molar-refractivity contribution in [2.24, 2.45) is 0 Å². The zero-order valence-corrected chi connectivity index (χ0v) is 16.4. The van der Waals surface area contributed by atoms with Crippen LogP contribution in [0.5, 0.6) is 5.75 Å². The summed E-state index contributed by atoms with van der Waals surface area (Å²) in [6.45, 7) is 11.0. The third-order valence-corrected chi connectivity index (χ3v) is 4.15. The molecule has 27 heavy (non-hydrogen) atoms. The lowest BCUT2D eigenvalue weighted by Gasteiger charge is -2.45. The van der Waals surface area contributed by atoms with Crippen molar-refractivity contribution in [2.45, 2.75) is 46.3 Å². The van der Waals surface area contributed by atoms with Gasteiger partial charge in [-0.1, -0.05) is 13.8 Å². The van der Waals surface area contributed by atoms with E-state index in [0.717, 1.165) is 0 Å². The third kappa shape index (κ3) is 4.61. The number of carboxylic acids is 1. The van der Waals surface area contributed by atoms with Crippen LogP contribution in [0, 0.1) is 5.82 Å². The van der Waals surface area contributed by atoms with Crippen LogP contribution in [0.25, 0.3) is 0 Å². The van der Waals surface area contributed by atoms with E-state index in [1.54, 1.807) is 4.90 Å². The summed E-state index contributed by atoms with van der Waals surface area (Å²) in [7, 11) is 0. The van der Waals surface area contributed by atoms with Crippen LogP contribution in [-0.2, 0) is 4.74 Å². The molecule has 0 aliphatic carbocycles. The first kappa shape index (κ1) is 20.8. The molecular weight excluding hydrogens is 355 g/mol. The second kappa shape index (κ2) is 8.02. The van der Waals surface area contributed by atoms with E-state index in [-0.39, 0.29) is 18.7 Å². The zero-order valence-electron chi connectivity index (χ0n) is 16.4. The number of fused-ring (bicyclic) bond motifs is 3. The monoisotopic (exact) mass is 382 g/mol. The first-order chi connectivity index (χ1) is 12.7. The number of hydrogen-bond acceptors (Lipinski definition) is 5. The SMILES string of the molecule is CC.CC(C)(C)OC(=O)N1CCN2c3cc(F)c(C(=O)O)cc3OCC2C1. The van der Waals surface area contributed by atoms with E-state index < -0.39 is 23.0 Å². The fraction of sp³-hybridized carbons (Fsp3) is 0.579. The predicted molar refractivity (Wildman–Crippen MR) is 99.1 cm³/mol. The molecule has 1 atom stereocenters. The average Bonchev–Trinajstić information content (AvgIpc) is 2.60. The maximum absolute atomic E-state index is 14.0. The van der Waals surface area contributed by atoms with Gasteiger partial charge in [-0.3, -0.25) is 0 Å². The third-order valence-electron chi connectivity index (χ3n) is 4.15. The van der Waals surface area contributed by atoms with E-state index in [9.17, 15) is 14.0 Å². The molecular formula is C19H27FN2O5. The molecule has 1 unspecified atom stereocenters. The van der Waals surface area contributed by atoms with E-state index in [0.29, 0.717) is 31.1 Å². The Kier molecular flexibility index (Phi) is 6.18. The molecule has 150 valence electrons. The van der Waals surface area contributed by atoms with Crippen molar-refractivity contribution in [2.75, 3.05) is 31.1 Å². The van der Waals surface area contributed by atoms with Gasteiger partial charge in [0.2, 0.25) is 0 Å². The number of nitrogens with zero attached hydrogens (tertiary/aromatic N) is 2. The topological polar surface area (TPSA) is 79.3 Å². The van der Waals surface area contributed by atoms with Crippen LogP contribution in [0.15, 0.2) is 12.1 Å². The molecule has 1 aromatic carbocycles. The molecule has 8 heteroatoms. The van der Waals surface area contributed by atoms with Crippen molar-refractivity contribution in [3.8, 4) is 5.75 Å². The van der Waals surface area contributed by atoms with Gasteiger partial charge in [-0.15, -0.1) is 0 Å². The van der Waals surface area contributed by atoms with Crippen molar-refractivity contribution in [3.63, 3.8) is 0 Å². The number of benzene rings is 1. The van der Waals surface area contributed by atoms with Gasteiger partial charge in [0.1, 0.15) is 23.8 Å². The van der Waals surface area contributed by atoms with Gasteiger partial charge in [-0.25, -0.2) is 14.0 Å². The van der Waals surface area contributed by atoms with Gasteiger partial charge >= 0.3 is 12.1 Å². The zero-order chi connectivity index (χ0) is 20.4. The number of hydrogen-bond donors (Lipinski definition) is 1. The van der Waals surface area contributed by atoms with Crippen LogP contribution in [0.1, 0.15) is 45.0 Å². The van der Waals surface area contributed by atoms with Gasteiger partial charge in [0.15, 0.2) is 0 Å². The molecule has 1 amide bonds. The molecule has 7 nitrogen and oxygen atoms in total. The number of aromatic carboxylic acids is 1. The Hall–Kier alpha value is -2.51. The van der Waals surface area contributed by atoms with E-state index in [2.05, 4.69) is 0 Å². The molecule has 2 aliphatic rings. The highest BCUT2D eigenvalue weighted by atomic mass is 19.1. The van der Waals surface area contributed by atoms with Crippen LogP contribution in [0.2, 0.25) is 0 Å². The summed E-state index contributed by atoms with van der Waals surface area (Å²) >= 11 is 0. The second-order valence-corrected chi connectivity index (χ2v) is 7.19. The van der Waals surface area contributed by atoms with Gasteiger partial charge in [0, 0.05) is 25.7 Å². The van der Waals surface area contributed by atoms with Crippen LogP contribution in [0.4, 0.5) is 14.9 Å². The number of amides is 1. The van der Waals surface area contributed by atoms with Gasteiger partial charge in [-0.2, -0.15) is 0 Å². The maximum atomic E-state index is 14.0. The van der Waals surface area contributed by atoms with E-state index in [4.69, 9.17) is 14.6 Å². The predicted octanol–water partition coefficient (Wildman–Crippen LogP) is 3.37. The quantitative estimate of drug-likeness (QED) is 0.802. The molecule has 0 saturated carbocycles. The van der Waals surface area contributed by atoms with Crippen LogP contribution in [-0.4, -0.2) is 60.0 Å². The average molecular weight is 382 g/mol. The summed E-state index contributed by atoms with van der Waals surface area (Å²) in [5.74, 6) is -1.79. The standard InChI is InChI=1S/C17H21FN2O5.C2H6/c1-17(2,3)25-16(23)19-4-5-20-10(8-19)9-24-14-6-11(15(21)22)12(18)7-13(14)20;1-2/h6-7,10H,4-5,8-9H2,1-3H3,(H,21,22);1-2H3. The van der Waals surface area contributed by atoms with E-state index in [1.165, 1.54) is 12.1 Å². The number of ether oxygens (including phenoxy) is 2. The molecule has 2 aliphatic heterocycles. The second-order valence-electron chi connectivity index (χ2n) is 7.19. The fourth-order valence-corrected chi connectivity index (χ4v) is 3.04. The molecule has 1 N–H and O–H groups in total. The first-order valence-corrected chi connectivity index (χ1v) is 9.10.